The average molecular weight is 207 g/mol. The van der Waals surface area contributed by atoms with E-state index in [0.717, 1.165) is 17.7 Å². The number of rotatable bonds is 5. The maximum atomic E-state index is 5.57. The van der Waals surface area contributed by atoms with E-state index in [1.165, 1.54) is 0 Å². The monoisotopic (exact) mass is 207 g/mol. The lowest BCUT2D eigenvalue weighted by atomic mass is 10.2. The molecule has 0 bridgehead atoms. The SMILES string of the molecule is Cc1ccccc1OCCCN=C(N)N. The third kappa shape index (κ3) is 4.35. The number of aliphatic imine (C=N–C) groups is 1. The summed E-state index contributed by atoms with van der Waals surface area (Å²) in [6.07, 6.45) is 0.812. The molecule has 0 aliphatic heterocycles. The van der Waals surface area contributed by atoms with Gasteiger partial charge in [-0.1, -0.05) is 18.2 Å². The number of guanidine groups is 1. The van der Waals surface area contributed by atoms with E-state index in [-0.39, 0.29) is 5.96 Å². The molecule has 0 aliphatic carbocycles. The van der Waals surface area contributed by atoms with Crippen molar-refractivity contribution >= 4 is 5.96 Å². The molecular formula is C11H17N3O. The molecule has 0 fully saturated rings. The van der Waals surface area contributed by atoms with Crippen molar-refractivity contribution in [1.82, 2.24) is 0 Å². The number of nitrogens with two attached hydrogens (primary N) is 2. The van der Waals surface area contributed by atoms with Crippen LogP contribution in [0.4, 0.5) is 0 Å². The van der Waals surface area contributed by atoms with E-state index in [1.54, 1.807) is 0 Å². The van der Waals surface area contributed by atoms with Crippen molar-refractivity contribution in [2.75, 3.05) is 13.2 Å². The zero-order chi connectivity index (χ0) is 11.1. The van der Waals surface area contributed by atoms with Gasteiger partial charge in [-0.15, -0.1) is 0 Å². The molecule has 4 N–H and O–H groups in total. The van der Waals surface area contributed by atoms with Gasteiger partial charge in [0, 0.05) is 13.0 Å². The highest BCUT2D eigenvalue weighted by Crippen LogP contribution is 2.15. The minimum absolute atomic E-state index is 0.130. The summed E-state index contributed by atoms with van der Waals surface area (Å²) in [4.78, 5) is 3.87. The van der Waals surface area contributed by atoms with E-state index in [1.807, 2.05) is 31.2 Å². The molecule has 4 heteroatoms. The Balaban J connectivity index is 2.26. The molecule has 1 aromatic carbocycles. The van der Waals surface area contributed by atoms with Gasteiger partial charge >= 0.3 is 0 Å². The van der Waals surface area contributed by atoms with Crippen molar-refractivity contribution in [1.29, 1.82) is 0 Å². The van der Waals surface area contributed by atoms with Gasteiger partial charge in [-0.2, -0.15) is 0 Å². The van der Waals surface area contributed by atoms with Gasteiger partial charge < -0.3 is 16.2 Å². The van der Waals surface area contributed by atoms with Crippen LogP contribution in [-0.4, -0.2) is 19.1 Å². The van der Waals surface area contributed by atoms with Crippen LogP contribution in [-0.2, 0) is 0 Å². The molecule has 0 heterocycles. The fourth-order valence-electron chi connectivity index (χ4n) is 1.17. The summed E-state index contributed by atoms with van der Waals surface area (Å²) < 4.78 is 5.57. The zero-order valence-electron chi connectivity index (χ0n) is 8.94. The molecule has 0 unspecified atom stereocenters. The van der Waals surface area contributed by atoms with E-state index in [0.29, 0.717) is 13.2 Å². The summed E-state index contributed by atoms with van der Waals surface area (Å²) in [5, 5.41) is 0. The average Bonchev–Trinajstić information content (AvgIpc) is 2.20. The van der Waals surface area contributed by atoms with Gasteiger partial charge in [0.15, 0.2) is 5.96 Å². The summed E-state index contributed by atoms with van der Waals surface area (Å²) in [7, 11) is 0. The maximum Gasteiger partial charge on any atom is 0.185 e. The lowest BCUT2D eigenvalue weighted by Gasteiger charge is -2.07. The molecule has 82 valence electrons. The van der Waals surface area contributed by atoms with Crippen molar-refractivity contribution in [2.45, 2.75) is 13.3 Å². The molecule has 0 aromatic heterocycles. The molecule has 0 radical (unpaired) electrons. The molecule has 4 nitrogen and oxygen atoms in total. The van der Waals surface area contributed by atoms with E-state index in [9.17, 15) is 0 Å². The Labute approximate surface area is 89.9 Å². The van der Waals surface area contributed by atoms with Crippen LogP contribution in [0.1, 0.15) is 12.0 Å². The van der Waals surface area contributed by atoms with E-state index in [2.05, 4.69) is 4.99 Å². The van der Waals surface area contributed by atoms with Crippen molar-refractivity contribution in [3.05, 3.63) is 29.8 Å². The van der Waals surface area contributed by atoms with Crippen LogP contribution in [0.5, 0.6) is 5.75 Å². The number of aryl methyl sites for hydroxylation is 1. The van der Waals surface area contributed by atoms with Crippen molar-refractivity contribution < 1.29 is 4.74 Å². The normalized spacial score (nSPS) is 9.67. The van der Waals surface area contributed by atoms with Gasteiger partial charge in [0.2, 0.25) is 0 Å². The minimum atomic E-state index is 0.130. The Kier molecular flexibility index (Phi) is 4.47. The van der Waals surface area contributed by atoms with Gasteiger partial charge in [0.05, 0.1) is 6.61 Å². The number of hydrogen-bond donors (Lipinski definition) is 2. The summed E-state index contributed by atoms with van der Waals surface area (Å²) >= 11 is 0. The summed E-state index contributed by atoms with van der Waals surface area (Å²) in [5.41, 5.74) is 11.5. The Morgan fingerprint density at radius 1 is 1.33 bits per heavy atom. The largest absolute Gasteiger partial charge is 0.493 e. The second-order valence-electron chi connectivity index (χ2n) is 3.27. The third-order valence-electron chi connectivity index (χ3n) is 1.95. The quantitative estimate of drug-likeness (QED) is 0.430. The molecule has 0 aliphatic rings. The number of para-hydroxylation sites is 1. The van der Waals surface area contributed by atoms with Crippen LogP contribution >= 0.6 is 0 Å². The Morgan fingerprint density at radius 3 is 2.73 bits per heavy atom. The minimum Gasteiger partial charge on any atom is -0.493 e. The predicted octanol–water partition coefficient (Wildman–Crippen LogP) is 1.04. The van der Waals surface area contributed by atoms with E-state index < -0.39 is 0 Å². The van der Waals surface area contributed by atoms with E-state index in [4.69, 9.17) is 16.2 Å². The summed E-state index contributed by atoms with van der Waals surface area (Å²) in [6, 6.07) is 7.92. The van der Waals surface area contributed by atoms with Gasteiger partial charge in [0.1, 0.15) is 5.75 Å². The number of nitrogens with zero attached hydrogens (tertiary/aromatic N) is 1. The van der Waals surface area contributed by atoms with Crippen LogP contribution < -0.4 is 16.2 Å². The highest BCUT2D eigenvalue weighted by Gasteiger charge is 1.96. The van der Waals surface area contributed by atoms with Crippen LogP contribution in [0.3, 0.4) is 0 Å². The van der Waals surface area contributed by atoms with Crippen LogP contribution in [0.2, 0.25) is 0 Å². The molecular weight excluding hydrogens is 190 g/mol. The zero-order valence-corrected chi connectivity index (χ0v) is 8.94. The van der Waals surface area contributed by atoms with E-state index >= 15 is 0 Å². The van der Waals surface area contributed by atoms with Crippen molar-refractivity contribution in [2.24, 2.45) is 16.5 Å². The lowest BCUT2D eigenvalue weighted by Crippen LogP contribution is -2.23. The topological polar surface area (TPSA) is 73.6 Å². The molecule has 0 amide bonds. The summed E-state index contributed by atoms with van der Waals surface area (Å²) in [5.74, 6) is 1.05. The lowest BCUT2D eigenvalue weighted by molar-refractivity contribution is 0.311. The first-order valence-electron chi connectivity index (χ1n) is 4.94. The van der Waals surface area contributed by atoms with Crippen LogP contribution in [0.15, 0.2) is 29.3 Å². The number of benzene rings is 1. The fourth-order valence-corrected chi connectivity index (χ4v) is 1.17. The molecule has 0 spiro atoms. The molecule has 0 atom stereocenters. The first-order valence-corrected chi connectivity index (χ1v) is 4.94. The highest BCUT2D eigenvalue weighted by atomic mass is 16.5. The Morgan fingerprint density at radius 2 is 2.07 bits per heavy atom. The molecule has 0 saturated carbocycles. The smallest absolute Gasteiger partial charge is 0.185 e. The van der Waals surface area contributed by atoms with Gasteiger partial charge in [-0.05, 0) is 18.6 Å². The molecule has 0 saturated heterocycles. The Bertz CT molecular complexity index is 332. The Hall–Kier alpha value is -1.71. The van der Waals surface area contributed by atoms with Crippen LogP contribution in [0, 0.1) is 6.92 Å². The molecule has 1 rings (SSSR count). The number of hydrogen-bond acceptors (Lipinski definition) is 2. The van der Waals surface area contributed by atoms with Gasteiger partial charge in [-0.25, -0.2) is 0 Å². The number of ether oxygens (including phenoxy) is 1. The van der Waals surface area contributed by atoms with Crippen molar-refractivity contribution in [3.63, 3.8) is 0 Å². The fraction of sp³-hybridized carbons (Fsp3) is 0.364. The molecule has 1 aromatic rings. The maximum absolute atomic E-state index is 5.57. The highest BCUT2D eigenvalue weighted by molar-refractivity contribution is 5.75. The third-order valence-corrected chi connectivity index (χ3v) is 1.95. The van der Waals surface area contributed by atoms with Crippen LogP contribution in [0.25, 0.3) is 0 Å². The van der Waals surface area contributed by atoms with Crippen molar-refractivity contribution in [3.8, 4) is 5.75 Å². The first-order chi connectivity index (χ1) is 7.20. The predicted molar refractivity (Wildman–Crippen MR) is 62.0 cm³/mol. The summed E-state index contributed by atoms with van der Waals surface area (Å²) in [6.45, 7) is 3.25. The first kappa shape index (κ1) is 11.4. The second-order valence-corrected chi connectivity index (χ2v) is 3.27. The standard InChI is InChI=1S/C11H17N3O/c1-9-5-2-3-6-10(9)15-8-4-7-14-11(12)13/h2-3,5-6H,4,7-8H2,1H3,(H4,12,13,14). The molecule has 15 heavy (non-hydrogen) atoms. The van der Waals surface area contributed by atoms with Gasteiger partial charge in [-0.3, -0.25) is 4.99 Å². The van der Waals surface area contributed by atoms with Gasteiger partial charge in [0.25, 0.3) is 0 Å². The second kappa shape index (κ2) is 5.90.